The van der Waals surface area contributed by atoms with Gasteiger partial charge in [-0.1, -0.05) is 95.5 Å². The van der Waals surface area contributed by atoms with Gasteiger partial charge >= 0.3 is 0 Å². The van der Waals surface area contributed by atoms with Crippen LogP contribution in [0.5, 0.6) is 0 Å². The standard InChI is InChI=1S/C33H32Cl3N3O4S/c1-23(2)37-33(41)31(17-24-10-5-3-6-11-24)38(21-25-12-9-13-26(34)16-25)32(40)22-39(29-19-27(35)18-28(36)20-29)44(42,43)30-14-7-4-8-15-30/h3-16,18-20,23,31H,17,21-22H2,1-2H3,(H,37,41)/t31-/m0/s1. The van der Waals surface area contributed by atoms with Gasteiger partial charge in [0.25, 0.3) is 10.0 Å². The molecule has 230 valence electrons. The van der Waals surface area contributed by atoms with Crippen LogP contribution in [0.4, 0.5) is 5.69 Å². The molecule has 0 heterocycles. The van der Waals surface area contributed by atoms with Gasteiger partial charge in [0.1, 0.15) is 12.6 Å². The lowest BCUT2D eigenvalue weighted by atomic mass is 10.0. The monoisotopic (exact) mass is 671 g/mol. The van der Waals surface area contributed by atoms with Crippen molar-refractivity contribution in [1.29, 1.82) is 0 Å². The molecule has 0 aliphatic heterocycles. The zero-order valence-corrected chi connectivity index (χ0v) is 27.2. The van der Waals surface area contributed by atoms with Crippen LogP contribution in [0, 0.1) is 0 Å². The van der Waals surface area contributed by atoms with Crippen LogP contribution in [0.2, 0.25) is 15.1 Å². The highest BCUT2D eigenvalue weighted by molar-refractivity contribution is 7.92. The summed E-state index contributed by atoms with van der Waals surface area (Å²) in [6.45, 7) is 3.03. The molecule has 4 aromatic rings. The Bertz CT molecular complexity index is 1680. The van der Waals surface area contributed by atoms with Crippen molar-refractivity contribution in [2.24, 2.45) is 0 Å². The predicted octanol–water partition coefficient (Wildman–Crippen LogP) is 7.01. The Morgan fingerprint density at radius 2 is 1.34 bits per heavy atom. The van der Waals surface area contributed by atoms with Crippen LogP contribution >= 0.6 is 34.8 Å². The van der Waals surface area contributed by atoms with Gasteiger partial charge in [0.05, 0.1) is 10.6 Å². The third kappa shape index (κ3) is 8.76. The molecule has 4 rings (SSSR count). The van der Waals surface area contributed by atoms with Gasteiger partial charge in [-0.05, 0) is 67.4 Å². The van der Waals surface area contributed by atoms with E-state index in [4.69, 9.17) is 34.8 Å². The van der Waals surface area contributed by atoms with Gasteiger partial charge in [-0.2, -0.15) is 0 Å². The maximum atomic E-state index is 14.4. The van der Waals surface area contributed by atoms with Crippen LogP contribution < -0.4 is 9.62 Å². The first-order valence-corrected chi connectivity index (χ1v) is 16.4. The van der Waals surface area contributed by atoms with Crippen molar-refractivity contribution < 1.29 is 18.0 Å². The molecule has 1 atom stereocenters. The van der Waals surface area contributed by atoms with Crippen LogP contribution in [0.3, 0.4) is 0 Å². The zero-order chi connectivity index (χ0) is 31.9. The number of benzene rings is 4. The van der Waals surface area contributed by atoms with Crippen LogP contribution in [0.25, 0.3) is 0 Å². The van der Waals surface area contributed by atoms with Gasteiger partial charge in [-0.3, -0.25) is 13.9 Å². The Balaban J connectivity index is 1.82. The molecule has 4 aromatic carbocycles. The Morgan fingerprint density at radius 3 is 1.93 bits per heavy atom. The van der Waals surface area contributed by atoms with Gasteiger partial charge in [-0.25, -0.2) is 8.42 Å². The lowest BCUT2D eigenvalue weighted by Gasteiger charge is -2.34. The second kappa shape index (κ2) is 14.9. The summed E-state index contributed by atoms with van der Waals surface area (Å²) in [5.74, 6) is -0.983. The van der Waals surface area contributed by atoms with E-state index < -0.39 is 28.5 Å². The van der Waals surface area contributed by atoms with E-state index in [9.17, 15) is 18.0 Å². The molecule has 44 heavy (non-hydrogen) atoms. The lowest BCUT2D eigenvalue weighted by molar-refractivity contribution is -0.140. The van der Waals surface area contributed by atoms with E-state index in [1.165, 1.54) is 35.2 Å². The number of hydrogen-bond acceptors (Lipinski definition) is 4. The molecular weight excluding hydrogens is 641 g/mol. The summed E-state index contributed by atoms with van der Waals surface area (Å²) >= 11 is 18.8. The fourth-order valence-corrected chi connectivity index (χ4v) is 6.84. The zero-order valence-electron chi connectivity index (χ0n) is 24.2. The average Bonchev–Trinajstić information content (AvgIpc) is 2.97. The summed E-state index contributed by atoms with van der Waals surface area (Å²) in [5, 5.41) is 3.78. The molecule has 1 N–H and O–H groups in total. The van der Waals surface area contributed by atoms with Crippen LogP contribution in [-0.2, 0) is 32.6 Å². The second-order valence-corrected chi connectivity index (χ2v) is 13.6. The summed E-state index contributed by atoms with van der Waals surface area (Å²) in [6, 6.07) is 27.2. The van der Waals surface area contributed by atoms with Gasteiger partial charge < -0.3 is 10.2 Å². The maximum Gasteiger partial charge on any atom is 0.264 e. The SMILES string of the molecule is CC(C)NC(=O)[C@H](Cc1ccccc1)N(Cc1cccc(Cl)c1)C(=O)CN(c1cc(Cl)cc(Cl)c1)S(=O)(=O)c1ccccc1. The quantitative estimate of drug-likeness (QED) is 0.176. The minimum Gasteiger partial charge on any atom is -0.352 e. The summed E-state index contributed by atoms with van der Waals surface area (Å²) in [7, 11) is -4.27. The summed E-state index contributed by atoms with van der Waals surface area (Å²) in [4.78, 5) is 29.5. The first-order chi connectivity index (χ1) is 20.9. The number of carbonyl (C=O) groups excluding carboxylic acids is 2. The van der Waals surface area contributed by atoms with Crippen molar-refractivity contribution in [1.82, 2.24) is 10.2 Å². The van der Waals surface area contributed by atoms with Gasteiger partial charge in [0.15, 0.2) is 0 Å². The number of anilines is 1. The van der Waals surface area contributed by atoms with E-state index in [0.29, 0.717) is 10.6 Å². The first-order valence-electron chi connectivity index (χ1n) is 13.9. The molecule has 0 spiro atoms. The molecule has 11 heteroatoms. The number of rotatable bonds is 12. The number of hydrogen-bond donors (Lipinski definition) is 1. The Morgan fingerprint density at radius 1 is 0.750 bits per heavy atom. The summed E-state index contributed by atoms with van der Waals surface area (Å²) in [6.07, 6.45) is 0.195. The van der Waals surface area contributed by atoms with Gasteiger partial charge in [0.2, 0.25) is 11.8 Å². The molecular formula is C33H32Cl3N3O4S. The van der Waals surface area contributed by atoms with Crippen LogP contribution in [0.15, 0.2) is 108 Å². The van der Waals surface area contributed by atoms with Crippen molar-refractivity contribution in [3.05, 3.63) is 129 Å². The predicted molar refractivity (Wildman–Crippen MR) is 177 cm³/mol. The van der Waals surface area contributed by atoms with Crippen LogP contribution in [0.1, 0.15) is 25.0 Å². The second-order valence-electron chi connectivity index (χ2n) is 10.5. The molecule has 0 saturated carbocycles. The van der Waals surface area contributed by atoms with Crippen molar-refractivity contribution in [2.45, 2.75) is 43.8 Å². The topological polar surface area (TPSA) is 86.8 Å². The molecule has 0 unspecified atom stereocenters. The van der Waals surface area contributed by atoms with E-state index in [0.717, 1.165) is 9.87 Å². The van der Waals surface area contributed by atoms with Crippen molar-refractivity contribution in [3.8, 4) is 0 Å². The van der Waals surface area contributed by atoms with Crippen LogP contribution in [-0.4, -0.2) is 43.8 Å². The largest absolute Gasteiger partial charge is 0.352 e. The highest BCUT2D eigenvalue weighted by Gasteiger charge is 2.35. The fraction of sp³-hybridized carbons (Fsp3) is 0.212. The van der Waals surface area contributed by atoms with E-state index in [2.05, 4.69) is 5.32 Å². The van der Waals surface area contributed by atoms with Gasteiger partial charge in [-0.15, -0.1) is 0 Å². The number of amides is 2. The Hall–Kier alpha value is -3.56. The third-order valence-corrected chi connectivity index (χ3v) is 9.15. The fourth-order valence-electron chi connectivity index (χ4n) is 4.70. The first kappa shape index (κ1) is 33.3. The smallest absolute Gasteiger partial charge is 0.264 e. The molecule has 0 aliphatic rings. The molecule has 0 radical (unpaired) electrons. The van der Waals surface area contributed by atoms with E-state index in [1.807, 2.05) is 44.2 Å². The molecule has 2 amide bonds. The van der Waals surface area contributed by atoms with Crippen molar-refractivity contribution in [3.63, 3.8) is 0 Å². The number of nitrogens with zero attached hydrogens (tertiary/aromatic N) is 2. The van der Waals surface area contributed by atoms with Crippen molar-refractivity contribution >= 4 is 62.3 Å². The van der Waals surface area contributed by atoms with E-state index in [-0.39, 0.29) is 45.5 Å². The highest BCUT2D eigenvalue weighted by Crippen LogP contribution is 2.30. The molecule has 0 aliphatic carbocycles. The van der Waals surface area contributed by atoms with E-state index in [1.54, 1.807) is 42.5 Å². The molecule has 0 aromatic heterocycles. The highest BCUT2D eigenvalue weighted by atomic mass is 35.5. The molecule has 0 saturated heterocycles. The minimum atomic E-state index is -4.27. The van der Waals surface area contributed by atoms with Gasteiger partial charge in [0, 0.05) is 34.1 Å². The number of carbonyl (C=O) groups is 2. The van der Waals surface area contributed by atoms with E-state index >= 15 is 0 Å². The summed E-state index contributed by atoms with van der Waals surface area (Å²) < 4.78 is 29.0. The maximum absolute atomic E-state index is 14.4. The number of nitrogens with one attached hydrogen (secondary N) is 1. The lowest BCUT2D eigenvalue weighted by Crippen LogP contribution is -2.54. The molecule has 0 bridgehead atoms. The average molecular weight is 673 g/mol. The number of sulfonamides is 1. The third-order valence-electron chi connectivity index (χ3n) is 6.69. The number of halogens is 3. The van der Waals surface area contributed by atoms with Crippen molar-refractivity contribution in [2.75, 3.05) is 10.8 Å². The minimum absolute atomic E-state index is 0.00205. The normalized spacial score (nSPS) is 12.0. The summed E-state index contributed by atoms with van der Waals surface area (Å²) in [5.41, 5.74) is 1.61. The Kier molecular flexibility index (Phi) is 11.3. The molecule has 7 nitrogen and oxygen atoms in total. The molecule has 0 fully saturated rings. The Labute approximate surface area is 273 Å².